The van der Waals surface area contributed by atoms with E-state index in [9.17, 15) is 0 Å². The van der Waals surface area contributed by atoms with E-state index in [0.29, 0.717) is 18.0 Å². The highest BCUT2D eigenvalue weighted by Crippen LogP contribution is 2.33. The Hall–Kier alpha value is -1.16. The maximum Gasteiger partial charge on any atom is 0.233 e. The molecule has 0 unspecified atom stereocenters. The molecule has 1 aliphatic heterocycles. The van der Waals surface area contributed by atoms with E-state index in [2.05, 4.69) is 41.9 Å². The van der Waals surface area contributed by atoms with Crippen LogP contribution in [-0.2, 0) is 0 Å². The summed E-state index contributed by atoms with van der Waals surface area (Å²) in [5.74, 6) is 1.38. The van der Waals surface area contributed by atoms with Crippen molar-refractivity contribution in [1.29, 1.82) is 0 Å². The molecule has 1 aromatic rings. The third kappa shape index (κ3) is 3.69. The van der Waals surface area contributed by atoms with Crippen LogP contribution in [0.3, 0.4) is 0 Å². The predicted molar refractivity (Wildman–Crippen MR) is 80.8 cm³/mol. The molecule has 2 atom stereocenters. The van der Waals surface area contributed by atoms with Crippen molar-refractivity contribution in [2.24, 2.45) is 5.92 Å². The van der Waals surface area contributed by atoms with E-state index in [-0.39, 0.29) is 6.10 Å². The molecule has 0 bridgehead atoms. The molecule has 4 nitrogen and oxygen atoms in total. The van der Waals surface area contributed by atoms with Crippen LogP contribution in [0.25, 0.3) is 0 Å². The van der Waals surface area contributed by atoms with Gasteiger partial charge in [0.25, 0.3) is 0 Å². The second-order valence-electron chi connectivity index (χ2n) is 6.45. The van der Waals surface area contributed by atoms with Crippen LogP contribution in [0, 0.1) is 5.92 Å². The second-order valence-corrected chi connectivity index (χ2v) is 6.45. The van der Waals surface area contributed by atoms with Crippen LogP contribution in [-0.4, -0.2) is 33.8 Å². The maximum atomic E-state index is 5.56. The lowest BCUT2D eigenvalue weighted by atomic mass is 9.91. The maximum absolute atomic E-state index is 5.56. The third-order valence-electron chi connectivity index (χ3n) is 3.88. The van der Waals surface area contributed by atoms with Gasteiger partial charge in [0.1, 0.15) is 0 Å². The summed E-state index contributed by atoms with van der Waals surface area (Å²) in [5.41, 5.74) is 1.07. The second kappa shape index (κ2) is 6.53. The molecule has 1 saturated heterocycles. The van der Waals surface area contributed by atoms with Gasteiger partial charge in [0, 0.05) is 18.7 Å². The normalized spacial score (nSPS) is 24.4. The van der Waals surface area contributed by atoms with E-state index < -0.39 is 0 Å². The summed E-state index contributed by atoms with van der Waals surface area (Å²) in [7, 11) is 0. The predicted octanol–water partition coefficient (Wildman–Crippen LogP) is 3.45. The van der Waals surface area contributed by atoms with Gasteiger partial charge in [-0.15, -0.1) is 5.10 Å². The zero-order valence-corrected chi connectivity index (χ0v) is 13.3. The minimum atomic E-state index is 0.137. The van der Waals surface area contributed by atoms with Gasteiger partial charge < -0.3 is 4.74 Å². The van der Waals surface area contributed by atoms with Crippen molar-refractivity contribution in [2.75, 3.05) is 6.54 Å². The number of ether oxygens (including phenoxy) is 1. The Kier molecular flexibility index (Phi) is 4.97. The van der Waals surface area contributed by atoms with Gasteiger partial charge in [-0.25, -0.2) is 0 Å². The minimum absolute atomic E-state index is 0.137. The van der Waals surface area contributed by atoms with E-state index in [1.54, 1.807) is 0 Å². The van der Waals surface area contributed by atoms with Crippen molar-refractivity contribution in [3.8, 4) is 5.88 Å². The van der Waals surface area contributed by atoms with Crippen LogP contribution < -0.4 is 4.74 Å². The first kappa shape index (κ1) is 15.2. The summed E-state index contributed by atoms with van der Waals surface area (Å²) in [6.07, 6.45) is 2.57. The van der Waals surface area contributed by atoms with Gasteiger partial charge in [-0.1, -0.05) is 6.92 Å². The molecule has 2 rings (SSSR count). The number of hydrogen-bond acceptors (Lipinski definition) is 4. The summed E-state index contributed by atoms with van der Waals surface area (Å²) in [4.78, 5) is 2.54. The van der Waals surface area contributed by atoms with E-state index in [1.807, 2.05) is 19.9 Å². The van der Waals surface area contributed by atoms with Crippen LogP contribution in [0.2, 0.25) is 0 Å². The standard InChI is InChI=1S/C16H27N3O/c1-11(2)19-10-13(5)6-8-15(19)14-7-9-16(18-17-14)20-12(3)4/h7,9,11-13,15H,6,8,10H2,1-5H3/t13-,15+/m1/s1. The fourth-order valence-corrected chi connectivity index (χ4v) is 2.89. The van der Waals surface area contributed by atoms with E-state index in [0.717, 1.165) is 18.2 Å². The van der Waals surface area contributed by atoms with Gasteiger partial charge >= 0.3 is 0 Å². The lowest BCUT2D eigenvalue weighted by Gasteiger charge is -2.40. The van der Waals surface area contributed by atoms with Gasteiger partial charge in [-0.2, -0.15) is 5.10 Å². The Morgan fingerprint density at radius 3 is 2.45 bits per heavy atom. The quantitative estimate of drug-likeness (QED) is 0.845. The topological polar surface area (TPSA) is 38.2 Å². The zero-order chi connectivity index (χ0) is 14.7. The summed E-state index contributed by atoms with van der Waals surface area (Å²) < 4.78 is 5.56. The van der Waals surface area contributed by atoms with Crippen molar-refractivity contribution in [1.82, 2.24) is 15.1 Å². The third-order valence-corrected chi connectivity index (χ3v) is 3.88. The fourth-order valence-electron chi connectivity index (χ4n) is 2.89. The van der Waals surface area contributed by atoms with Gasteiger partial charge in [-0.05, 0) is 52.5 Å². The first-order valence-corrected chi connectivity index (χ1v) is 7.73. The molecule has 1 aliphatic rings. The molecular formula is C16H27N3O. The van der Waals surface area contributed by atoms with Gasteiger partial charge in [0.2, 0.25) is 5.88 Å². The van der Waals surface area contributed by atoms with Crippen LogP contribution >= 0.6 is 0 Å². The fraction of sp³-hybridized carbons (Fsp3) is 0.750. The first-order valence-electron chi connectivity index (χ1n) is 7.73. The average molecular weight is 277 g/mol. The van der Waals surface area contributed by atoms with Gasteiger partial charge in [0.15, 0.2) is 0 Å². The molecule has 112 valence electrons. The number of hydrogen-bond donors (Lipinski definition) is 0. The zero-order valence-electron chi connectivity index (χ0n) is 13.3. The highest BCUT2D eigenvalue weighted by Gasteiger charge is 2.30. The summed E-state index contributed by atoms with van der Waals surface area (Å²) >= 11 is 0. The Labute approximate surface area is 122 Å². The smallest absolute Gasteiger partial charge is 0.233 e. The Morgan fingerprint density at radius 2 is 1.90 bits per heavy atom. The summed E-state index contributed by atoms with van der Waals surface area (Å²) in [5, 5.41) is 8.60. The lowest BCUT2D eigenvalue weighted by molar-refractivity contribution is 0.0786. The van der Waals surface area contributed by atoms with Crippen molar-refractivity contribution < 1.29 is 4.74 Å². The number of aromatic nitrogens is 2. The van der Waals surface area contributed by atoms with E-state index in [4.69, 9.17) is 4.74 Å². The lowest BCUT2D eigenvalue weighted by Crippen LogP contribution is -2.42. The molecule has 2 heterocycles. The molecule has 0 amide bonds. The molecule has 0 radical (unpaired) electrons. The molecule has 1 aromatic heterocycles. The number of nitrogens with zero attached hydrogens (tertiary/aromatic N) is 3. The highest BCUT2D eigenvalue weighted by molar-refractivity contribution is 5.15. The van der Waals surface area contributed by atoms with Crippen LogP contribution in [0.5, 0.6) is 5.88 Å². The molecule has 0 N–H and O–H groups in total. The SMILES string of the molecule is CC(C)Oc1ccc([C@@H]2CC[C@@H](C)CN2C(C)C)nn1. The van der Waals surface area contributed by atoms with Crippen LogP contribution in [0.1, 0.15) is 59.2 Å². The van der Waals surface area contributed by atoms with E-state index in [1.165, 1.54) is 12.8 Å². The Balaban J connectivity index is 2.12. The highest BCUT2D eigenvalue weighted by atomic mass is 16.5. The average Bonchev–Trinajstić information content (AvgIpc) is 2.39. The van der Waals surface area contributed by atoms with Crippen LogP contribution in [0.15, 0.2) is 12.1 Å². The molecular weight excluding hydrogens is 250 g/mol. The minimum Gasteiger partial charge on any atom is -0.474 e. The number of likely N-dealkylation sites (tertiary alicyclic amines) is 1. The molecule has 0 aliphatic carbocycles. The van der Waals surface area contributed by atoms with Crippen LogP contribution in [0.4, 0.5) is 0 Å². The summed E-state index contributed by atoms with van der Waals surface area (Å²) in [6, 6.07) is 4.95. The molecule has 20 heavy (non-hydrogen) atoms. The summed E-state index contributed by atoms with van der Waals surface area (Å²) in [6.45, 7) is 12.0. The Morgan fingerprint density at radius 1 is 1.15 bits per heavy atom. The van der Waals surface area contributed by atoms with Gasteiger partial charge in [0.05, 0.1) is 17.8 Å². The number of piperidine rings is 1. The monoisotopic (exact) mass is 277 g/mol. The Bertz CT molecular complexity index is 416. The van der Waals surface area contributed by atoms with Crippen molar-refractivity contribution in [2.45, 2.75) is 65.6 Å². The first-order chi connectivity index (χ1) is 9.47. The largest absolute Gasteiger partial charge is 0.474 e. The molecule has 0 spiro atoms. The molecule has 0 saturated carbocycles. The molecule has 4 heteroatoms. The number of rotatable bonds is 4. The van der Waals surface area contributed by atoms with Crippen molar-refractivity contribution >= 4 is 0 Å². The van der Waals surface area contributed by atoms with E-state index >= 15 is 0 Å². The van der Waals surface area contributed by atoms with Crippen molar-refractivity contribution in [3.63, 3.8) is 0 Å². The van der Waals surface area contributed by atoms with Crippen molar-refractivity contribution in [3.05, 3.63) is 17.8 Å². The van der Waals surface area contributed by atoms with Gasteiger partial charge in [-0.3, -0.25) is 4.90 Å². The molecule has 1 fully saturated rings. The molecule has 0 aromatic carbocycles.